The summed E-state index contributed by atoms with van der Waals surface area (Å²) in [4.78, 5) is 0. The number of benzene rings is 2. The summed E-state index contributed by atoms with van der Waals surface area (Å²) in [6, 6.07) is 21.3. The minimum atomic E-state index is -0.218. The van der Waals surface area contributed by atoms with Crippen LogP contribution < -0.4 is 5.32 Å². The Bertz CT molecular complexity index is 486. The van der Waals surface area contributed by atoms with Crippen LogP contribution in [0.5, 0.6) is 0 Å². The molecule has 0 amide bonds. The van der Waals surface area contributed by atoms with Gasteiger partial charge in [-0.1, -0.05) is 60.7 Å². The first-order valence-corrected chi connectivity index (χ1v) is 7.38. The summed E-state index contributed by atoms with van der Waals surface area (Å²) < 4.78 is 0. The summed E-state index contributed by atoms with van der Waals surface area (Å²) in [5.41, 5.74) is 2.50. The zero-order valence-corrected chi connectivity index (χ0v) is 11.6. The van der Waals surface area contributed by atoms with Crippen molar-refractivity contribution in [3.8, 4) is 0 Å². The molecule has 0 bridgehead atoms. The number of rotatable bonds is 4. The molecule has 2 heteroatoms. The molecule has 0 aromatic heterocycles. The summed E-state index contributed by atoms with van der Waals surface area (Å²) in [5, 5.41) is 13.7. The minimum absolute atomic E-state index is 0.148. The highest BCUT2D eigenvalue weighted by Crippen LogP contribution is 2.27. The molecule has 0 spiro atoms. The van der Waals surface area contributed by atoms with Crippen molar-refractivity contribution in [2.75, 3.05) is 0 Å². The van der Waals surface area contributed by atoms with Gasteiger partial charge < -0.3 is 10.4 Å². The van der Waals surface area contributed by atoms with Crippen LogP contribution >= 0.6 is 0 Å². The number of hydrogen-bond donors (Lipinski definition) is 2. The normalized spacial score (nSPS) is 22.3. The van der Waals surface area contributed by atoms with Crippen LogP contribution in [0, 0.1) is 0 Å². The van der Waals surface area contributed by atoms with E-state index in [1.165, 1.54) is 11.1 Å². The number of aliphatic hydroxyl groups excluding tert-OH is 1. The topological polar surface area (TPSA) is 32.3 Å². The van der Waals surface area contributed by atoms with Gasteiger partial charge in [0.1, 0.15) is 0 Å². The molecule has 0 saturated heterocycles. The lowest BCUT2D eigenvalue weighted by molar-refractivity contribution is 0.145. The van der Waals surface area contributed by atoms with Gasteiger partial charge in [0.15, 0.2) is 0 Å². The molecule has 0 aliphatic heterocycles. The monoisotopic (exact) mass is 267 g/mol. The molecule has 0 unspecified atom stereocenters. The first kappa shape index (κ1) is 13.3. The van der Waals surface area contributed by atoms with Crippen LogP contribution in [0.2, 0.25) is 0 Å². The molecular weight excluding hydrogens is 246 g/mol. The Morgan fingerprint density at radius 2 is 1.40 bits per heavy atom. The molecule has 1 fully saturated rings. The maximum atomic E-state index is 10.1. The summed E-state index contributed by atoms with van der Waals surface area (Å²) in [6.45, 7) is 0. The average molecular weight is 267 g/mol. The van der Waals surface area contributed by atoms with E-state index in [4.69, 9.17) is 0 Å². The quantitative estimate of drug-likeness (QED) is 0.891. The second-order valence-corrected chi connectivity index (χ2v) is 5.53. The van der Waals surface area contributed by atoms with Crippen molar-refractivity contribution in [1.82, 2.24) is 5.32 Å². The molecule has 20 heavy (non-hydrogen) atoms. The molecular formula is C18H21NO. The van der Waals surface area contributed by atoms with Crippen molar-refractivity contribution >= 4 is 0 Å². The van der Waals surface area contributed by atoms with E-state index in [-0.39, 0.29) is 18.2 Å². The maximum Gasteiger partial charge on any atom is 0.0693 e. The summed E-state index contributed by atoms with van der Waals surface area (Å²) in [5.74, 6) is 0. The van der Waals surface area contributed by atoms with E-state index in [0.717, 1.165) is 19.3 Å². The van der Waals surface area contributed by atoms with Gasteiger partial charge in [0.2, 0.25) is 0 Å². The van der Waals surface area contributed by atoms with Crippen LogP contribution in [-0.2, 0) is 0 Å². The SMILES string of the molecule is O[C@@H]1CCC[C@H]1NC(c1ccccc1)c1ccccc1. The van der Waals surface area contributed by atoms with Gasteiger partial charge in [0.25, 0.3) is 0 Å². The largest absolute Gasteiger partial charge is 0.392 e. The first-order chi connectivity index (χ1) is 9.84. The Morgan fingerprint density at radius 1 is 0.850 bits per heavy atom. The molecule has 2 atom stereocenters. The number of nitrogens with one attached hydrogen (secondary N) is 1. The lowest BCUT2D eigenvalue weighted by Crippen LogP contribution is -2.38. The van der Waals surface area contributed by atoms with Gasteiger partial charge in [0, 0.05) is 6.04 Å². The molecule has 104 valence electrons. The fourth-order valence-electron chi connectivity index (χ4n) is 3.02. The molecule has 0 radical (unpaired) electrons. The second kappa shape index (κ2) is 6.21. The highest BCUT2D eigenvalue weighted by molar-refractivity contribution is 5.31. The van der Waals surface area contributed by atoms with Gasteiger partial charge in [-0.05, 0) is 30.4 Å². The van der Waals surface area contributed by atoms with Crippen molar-refractivity contribution in [2.24, 2.45) is 0 Å². The van der Waals surface area contributed by atoms with Gasteiger partial charge >= 0.3 is 0 Å². The van der Waals surface area contributed by atoms with Crippen LogP contribution in [0.4, 0.5) is 0 Å². The summed E-state index contributed by atoms with van der Waals surface area (Å²) >= 11 is 0. The van der Waals surface area contributed by atoms with E-state index in [2.05, 4.69) is 53.8 Å². The summed E-state index contributed by atoms with van der Waals surface area (Å²) in [6.07, 6.45) is 2.85. The zero-order valence-electron chi connectivity index (χ0n) is 11.6. The van der Waals surface area contributed by atoms with E-state index < -0.39 is 0 Å². The number of hydrogen-bond acceptors (Lipinski definition) is 2. The third-order valence-electron chi connectivity index (χ3n) is 4.13. The highest BCUT2D eigenvalue weighted by Gasteiger charge is 2.28. The number of aliphatic hydroxyl groups is 1. The van der Waals surface area contributed by atoms with Crippen molar-refractivity contribution in [1.29, 1.82) is 0 Å². The lowest BCUT2D eigenvalue weighted by atomic mass is 9.97. The van der Waals surface area contributed by atoms with Gasteiger partial charge in [-0.15, -0.1) is 0 Å². The lowest BCUT2D eigenvalue weighted by Gasteiger charge is -2.26. The molecule has 2 N–H and O–H groups in total. The van der Waals surface area contributed by atoms with Crippen molar-refractivity contribution < 1.29 is 5.11 Å². The Balaban J connectivity index is 1.88. The third-order valence-corrected chi connectivity index (χ3v) is 4.13. The van der Waals surface area contributed by atoms with Gasteiger partial charge in [-0.25, -0.2) is 0 Å². The maximum absolute atomic E-state index is 10.1. The predicted molar refractivity (Wildman–Crippen MR) is 81.5 cm³/mol. The van der Waals surface area contributed by atoms with Crippen LogP contribution in [0.25, 0.3) is 0 Å². The third kappa shape index (κ3) is 2.92. The second-order valence-electron chi connectivity index (χ2n) is 5.53. The Kier molecular flexibility index (Phi) is 4.14. The molecule has 3 rings (SSSR count). The molecule has 0 heterocycles. The molecule has 1 saturated carbocycles. The van der Waals surface area contributed by atoms with Crippen molar-refractivity contribution in [3.05, 3.63) is 71.8 Å². The van der Waals surface area contributed by atoms with E-state index in [1.807, 2.05) is 12.1 Å². The van der Waals surface area contributed by atoms with Crippen LogP contribution in [0.1, 0.15) is 36.4 Å². The minimum Gasteiger partial charge on any atom is -0.392 e. The van der Waals surface area contributed by atoms with E-state index in [9.17, 15) is 5.11 Å². The van der Waals surface area contributed by atoms with Gasteiger partial charge in [-0.2, -0.15) is 0 Å². The van der Waals surface area contributed by atoms with Gasteiger partial charge in [0.05, 0.1) is 12.1 Å². The van der Waals surface area contributed by atoms with E-state index in [1.54, 1.807) is 0 Å². The fraction of sp³-hybridized carbons (Fsp3) is 0.333. The molecule has 1 aliphatic rings. The smallest absolute Gasteiger partial charge is 0.0693 e. The van der Waals surface area contributed by atoms with Crippen molar-refractivity contribution in [2.45, 2.75) is 37.5 Å². The van der Waals surface area contributed by atoms with Gasteiger partial charge in [-0.3, -0.25) is 0 Å². The van der Waals surface area contributed by atoms with E-state index in [0.29, 0.717) is 0 Å². The molecule has 2 nitrogen and oxygen atoms in total. The van der Waals surface area contributed by atoms with Crippen LogP contribution in [-0.4, -0.2) is 17.3 Å². The van der Waals surface area contributed by atoms with Crippen molar-refractivity contribution in [3.63, 3.8) is 0 Å². The van der Waals surface area contributed by atoms with Crippen LogP contribution in [0.3, 0.4) is 0 Å². The van der Waals surface area contributed by atoms with E-state index >= 15 is 0 Å². The Morgan fingerprint density at radius 3 is 1.85 bits per heavy atom. The fourth-order valence-corrected chi connectivity index (χ4v) is 3.02. The Hall–Kier alpha value is -1.64. The zero-order chi connectivity index (χ0) is 13.8. The predicted octanol–water partition coefficient (Wildman–Crippen LogP) is 3.28. The standard InChI is InChI=1S/C18H21NO/c20-17-13-7-12-16(17)19-18(14-8-3-1-4-9-14)15-10-5-2-6-11-15/h1-6,8-11,16-20H,7,12-13H2/t16-,17-/m1/s1. The average Bonchev–Trinajstić information content (AvgIpc) is 2.92. The molecule has 2 aromatic rings. The molecule has 2 aromatic carbocycles. The highest BCUT2D eigenvalue weighted by atomic mass is 16.3. The summed E-state index contributed by atoms with van der Waals surface area (Å²) in [7, 11) is 0. The first-order valence-electron chi connectivity index (χ1n) is 7.38. The molecule has 1 aliphatic carbocycles. The van der Waals surface area contributed by atoms with Crippen LogP contribution in [0.15, 0.2) is 60.7 Å². The Labute approximate surface area is 120 Å².